The van der Waals surface area contributed by atoms with Crippen molar-refractivity contribution in [1.29, 1.82) is 0 Å². The second-order valence-corrected chi connectivity index (χ2v) is 15.0. The molecule has 2 atom stereocenters. The van der Waals surface area contributed by atoms with Gasteiger partial charge in [0.25, 0.3) is 0 Å². The molecular formula is C44H84N2O3. The molecule has 0 aliphatic rings. The Kier molecular flexibility index (Phi) is 34.7. The third kappa shape index (κ3) is 33.1. The molecule has 0 radical (unpaired) electrons. The number of carbonyl (C=O) groups excluding carboxylic acids is 2. The van der Waals surface area contributed by atoms with Gasteiger partial charge in [-0.3, -0.25) is 9.59 Å². The van der Waals surface area contributed by atoms with E-state index < -0.39 is 0 Å². The van der Waals surface area contributed by atoms with Crippen LogP contribution in [-0.2, 0) is 14.3 Å². The van der Waals surface area contributed by atoms with Crippen LogP contribution in [0.25, 0.3) is 0 Å². The van der Waals surface area contributed by atoms with Crippen LogP contribution in [0.5, 0.6) is 0 Å². The van der Waals surface area contributed by atoms with Crippen LogP contribution in [0.4, 0.5) is 0 Å². The Labute approximate surface area is 306 Å². The van der Waals surface area contributed by atoms with E-state index in [0.29, 0.717) is 24.4 Å². The molecule has 2 amide bonds. The fourth-order valence-corrected chi connectivity index (χ4v) is 6.45. The summed E-state index contributed by atoms with van der Waals surface area (Å²) in [4.78, 5) is 24.9. The number of hydrogen-bond donors (Lipinski definition) is 2. The molecule has 0 saturated heterocycles. The fourth-order valence-electron chi connectivity index (χ4n) is 6.45. The Bertz CT molecular complexity index is 731. The highest BCUT2D eigenvalue weighted by Crippen LogP contribution is 2.16. The van der Waals surface area contributed by atoms with Crippen molar-refractivity contribution in [2.24, 2.45) is 0 Å². The molecule has 2 N–H and O–H groups in total. The fraction of sp³-hybridized carbons (Fsp3) is 0.864. The third-order valence-electron chi connectivity index (χ3n) is 10.00. The van der Waals surface area contributed by atoms with Crippen molar-refractivity contribution < 1.29 is 14.3 Å². The summed E-state index contributed by atoms with van der Waals surface area (Å²) in [5.74, 6) is 0.946. The van der Waals surface area contributed by atoms with E-state index in [4.69, 9.17) is 4.74 Å². The number of carbonyl (C=O) groups is 2. The highest BCUT2D eigenvalue weighted by atomic mass is 16.5. The molecule has 288 valence electrons. The maximum Gasteiger partial charge on any atom is 0.220 e. The summed E-state index contributed by atoms with van der Waals surface area (Å²) in [6, 6.07) is -0.632. The average Bonchev–Trinajstić information content (AvgIpc) is 3.08. The van der Waals surface area contributed by atoms with Crippen LogP contribution in [0.2, 0.25) is 0 Å². The molecule has 0 aliphatic heterocycles. The van der Waals surface area contributed by atoms with E-state index in [-0.39, 0.29) is 23.9 Å². The molecule has 0 bridgehead atoms. The van der Waals surface area contributed by atoms with E-state index in [2.05, 4.69) is 37.6 Å². The number of unbranched alkanes of at least 4 members (excludes halogenated alkanes) is 28. The van der Waals surface area contributed by atoms with Gasteiger partial charge in [0.1, 0.15) is 11.5 Å². The van der Waals surface area contributed by atoms with Gasteiger partial charge in [-0.2, -0.15) is 0 Å². The standard InChI is InChI=1S/C44H84N2O3/c1-7-9-11-13-15-17-19-21-23-25-27-29-31-33-35-37-43(47)45-39(3)41(5)49-42(6)40(4)46-44(48)38-36-34-32-30-28-26-24-22-20-18-16-14-12-10-8-2/h39-40H,5-38H2,1-4H3,(H,45,47)(H,46,48). The van der Waals surface area contributed by atoms with Gasteiger partial charge < -0.3 is 15.4 Å². The number of ether oxygens (including phenoxy) is 1. The van der Waals surface area contributed by atoms with Crippen molar-refractivity contribution in [2.75, 3.05) is 0 Å². The quantitative estimate of drug-likeness (QED) is 0.0501. The summed E-state index contributed by atoms with van der Waals surface area (Å²) in [6.07, 6.45) is 40.5. The number of rotatable bonds is 38. The SMILES string of the molecule is C=C(OC(=C)C(C)NC(=O)CCCCCCCCCCCCCCCCC)C(C)NC(=O)CCCCCCCCCCCCCCCCC. The van der Waals surface area contributed by atoms with Crippen molar-refractivity contribution in [3.63, 3.8) is 0 Å². The predicted octanol–water partition coefficient (Wildman–Crippen LogP) is 13.6. The molecule has 0 aromatic rings. The van der Waals surface area contributed by atoms with E-state index in [1.165, 1.54) is 167 Å². The van der Waals surface area contributed by atoms with Crippen LogP contribution in [0.15, 0.2) is 24.7 Å². The zero-order chi connectivity index (χ0) is 36.2. The molecule has 5 heteroatoms. The van der Waals surface area contributed by atoms with Gasteiger partial charge in [-0.1, -0.05) is 207 Å². The summed E-state index contributed by atoms with van der Waals surface area (Å²) in [7, 11) is 0. The maximum absolute atomic E-state index is 12.5. The smallest absolute Gasteiger partial charge is 0.220 e. The van der Waals surface area contributed by atoms with Gasteiger partial charge in [0.05, 0.1) is 12.1 Å². The highest BCUT2D eigenvalue weighted by molar-refractivity contribution is 5.77. The van der Waals surface area contributed by atoms with E-state index in [9.17, 15) is 9.59 Å². The van der Waals surface area contributed by atoms with Gasteiger partial charge in [-0.15, -0.1) is 0 Å². The second-order valence-electron chi connectivity index (χ2n) is 15.0. The monoisotopic (exact) mass is 689 g/mol. The predicted molar refractivity (Wildman–Crippen MR) is 214 cm³/mol. The van der Waals surface area contributed by atoms with E-state index in [1.807, 2.05) is 13.8 Å². The minimum Gasteiger partial charge on any atom is -0.463 e. The molecule has 0 heterocycles. The lowest BCUT2D eigenvalue weighted by molar-refractivity contribution is -0.122. The largest absolute Gasteiger partial charge is 0.463 e. The zero-order valence-corrected chi connectivity index (χ0v) is 33.4. The lowest BCUT2D eigenvalue weighted by Gasteiger charge is -2.22. The van der Waals surface area contributed by atoms with Gasteiger partial charge >= 0.3 is 0 Å². The summed E-state index contributed by atoms with van der Waals surface area (Å²) in [5.41, 5.74) is 0. The summed E-state index contributed by atoms with van der Waals surface area (Å²) in [5, 5.41) is 5.99. The Morgan fingerprint density at radius 2 is 0.612 bits per heavy atom. The van der Waals surface area contributed by atoms with Crippen LogP contribution in [0.3, 0.4) is 0 Å². The van der Waals surface area contributed by atoms with Gasteiger partial charge in [0.2, 0.25) is 11.8 Å². The van der Waals surface area contributed by atoms with Crippen molar-refractivity contribution in [1.82, 2.24) is 10.6 Å². The van der Waals surface area contributed by atoms with Crippen LogP contribution in [-0.4, -0.2) is 23.9 Å². The Balaban J connectivity index is 3.72. The Morgan fingerprint density at radius 1 is 0.408 bits per heavy atom. The molecule has 49 heavy (non-hydrogen) atoms. The average molecular weight is 689 g/mol. The maximum atomic E-state index is 12.5. The van der Waals surface area contributed by atoms with Crippen LogP contribution in [0.1, 0.15) is 233 Å². The number of hydrogen-bond acceptors (Lipinski definition) is 3. The Morgan fingerprint density at radius 3 is 0.837 bits per heavy atom. The van der Waals surface area contributed by atoms with Crippen molar-refractivity contribution in [3.05, 3.63) is 24.7 Å². The number of amides is 2. The van der Waals surface area contributed by atoms with Gasteiger partial charge in [0, 0.05) is 12.8 Å². The molecule has 0 fully saturated rings. The first kappa shape index (κ1) is 47.2. The summed E-state index contributed by atoms with van der Waals surface area (Å²) in [6.45, 7) is 16.3. The lowest BCUT2D eigenvalue weighted by atomic mass is 10.0. The molecule has 0 aromatic heterocycles. The van der Waals surface area contributed by atoms with Crippen LogP contribution in [0, 0.1) is 0 Å². The van der Waals surface area contributed by atoms with Crippen LogP contribution >= 0.6 is 0 Å². The first-order valence-corrected chi connectivity index (χ1v) is 21.5. The van der Waals surface area contributed by atoms with Gasteiger partial charge in [0.15, 0.2) is 0 Å². The molecule has 2 unspecified atom stereocenters. The molecule has 0 saturated carbocycles. The summed E-state index contributed by atoms with van der Waals surface area (Å²) < 4.78 is 5.82. The minimum absolute atomic E-state index is 0.0300. The molecule has 0 aliphatic carbocycles. The van der Waals surface area contributed by atoms with E-state index in [0.717, 1.165) is 25.7 Å². The first-order chi connectivity index (χ1) is 23.8. The van der Waals surface area contributed by atoms with Gasteiger partial charge in [-0.25, -0.2) is 0 Å². The second kappa shape index (κ2) is 36.0. The highest BCUT2D eigenvalue weighted by Gasteiger charge is 2.17. The van der Waals surface area contributed by atoms with Gasteiger partial charge in [-0.05, 0) is 26.7 Å². The normalized spacial score (nSPS) is 12.4. The molecular weight excluding hydrogens is 604 g/mol. The topological polar surface area (TPSA) is 67.4 Å². The minimum atomic E-state index is -0.316. The molecule has 5 nitrogen and oxygen atoms in total. The first-order valence-electron chi connectivity index (χ1n) is 21.5. The number of nitrogens with one attached hydrogen (secondary N) is 2. The van der Waals surface area contributed by atoms with Crippen LogP contribution < -0.4 is 10.6 Å². The third-order valence-corrected chi connectivity index (χ3v) is 10.00. The Hall–Kier alpha value is -1.78. The molecule has 0 aromatic carbocycles. The zero-order valence-electron chi connectivity index (χ0n) is 33.4. The molecule has 0 spiro atoms. The molecule has 0 rings (SSSR count). The van der Waals surface area contributed by atoms with E-state index >= 15 is 0 Å². The van der Waals surface area contributed by atoms with Crippen molar-refractivity contribution in [2.45, 2.75) is 245 Å². The van der Waals surface area contributed by atoms with Crippen molar-refractivity contribution in [3.8, 4) is 0 Å². The lowest BCUT2D eigenvalue weighted by Crippen LogP contribution is -2.37. The summed E-state index contributed by atoms with van der Waals surface area (Å²) >= 11 is 0. The van der Waals surface area contributed by atoms with Crippen molar-refractivity contribution >= 4 is 11.8 Å². The van der Waals surface area contributed by atoms with E-state index in [1.54, 1.807) is 0 Å².